The van der Waals surface area contributed by atoms with Crippen LogP contribution in [-0.4, -0.2) is 147 Å². The Morgan fingerprint density at radius 1 is 0.778 bits per heavy atom. The summed E-state index contributed by atoms with van der Waals surface area (Å²) in [6.07, 6.45) is 26.2. The van der Waals surface area contributed by atoms with Crippen LogP contribution in [0.1, 0.15) is 203 Å². The van der Waals surface area contributed by atoms with E-state index in [1.807, 2.05) is 60.5 Å². The molecular formula is C52H99N2O8P. The van der Waals surface area contributed by atoms with Gasteiger partial charge in [-0.1, -0.05) is 20.8 Å². The van der Waals surface area contributed by atoms with Crippen LogP contribution in [0.5, 0.6) is 0 Å². The zero-order valence-corrected chi connectivity index (χ0v) is 42.9. The van der Waals surface area contributed by atoms with Gasteiger partial charge in [-0.25, -0.2) is 0 Å². The van der Waals surface area contributed by atoms with Gasteiger partial charge in [-0.2, -0.15) is 0 Å². The molecule has 4 N–H and O–H groups in total. The van der Waals surface area contributed by atoms with E-state index in [0.29, 0.717) is 38.6 Å². The van der Waals surface area contributed by atoms with Gasteiger partial charge >= 0.3 is 272 Å². The molecule has 2 aliphatic heterocycles. The van der Waals surface area contributed by atoms with E-state index >= 15 is 0 Å². The Morgan fingerprint density at radius 3 is 1.84 bits per heavy atom. The number of aliphatic hydroxyl groups is 4. The van der Waals surface area contributed by atoms with Gasteiger partial charge < -0.3 is 19.5 Å². The molecule has 0 unspecified atom stereocenters. The van der Waals surface area contributed by atoms with Crippen LogP contribution in [0.2, 0.25) is 0 Å². The normalized spacial score (nSPS) is 39.1. The molecule has 63 heavy (non-hydrogen) atoms. The second-order valence-electron chi connectivity index (χ2n) is 22.8. The van der Waals surface area contributed by atoms with Crippen LogP contribution in [0.3, 0.4) is 0 Å². The average molecular weight is 911 g/mol. The first-order valence-electron chi connectivity index (χ1n) is 26.7. The zero-order valence-electron chi connectivity index (χ0n) is 41.9. The molecule has 370 valence electrons. The minimum absolute atomic E-state index is 0.141. The van der Waals surface area contributed by atoms with Crippen molar-refractivity contribution in [2.24, 2.45) is 11.8 Å². The van der Waals surface area contributed by atoms with Crippen LogP contribution in [0.4, 0.5) is 0 Å². The number of unbranched alkanes of at least 4 members (excludes halogenated alkanes) is 3. The standard InChI is InChI=1S/C52H99N2O8P/c1-10-45-52(7,59)47(56)40(5)54(32-22-11-12-23-34-63(41-25-16-13-17-26-41,42-27-18-14-19-28-42)43-29-20-15-21-30-43)33-24-31-51(6,58)48(37(2)35-38(3)49(57)61-45)62-50-46(55)44(53(8)9)36-39(4)60-50/h37-48,50,55-56,58-59,63H,10-36H2,1-9H3/t37-,38+,39+,40+,44-,45+,46+,47+,48+,50-,51+,52+/m0/s1. The van der Waals surface area contributed by atoms with Gasteiger partial charge in [0.25, 0.3) is 0 Å². The maximum atomic E-state index is 13.7. The molecule has 5 aliphatic rings. The summed E-state index contributed by atoms with van der Waals surface area (Å²) in [4.78, 5) is 18.0. The first-order valence-corrected chi connectivity index (χ1v) is 29.1. The minimum atomic E-state index is -1.66. The Balaban J connectivity index is 1.31. The molecule has 0 aromatic heterocycles. The van der Waals surface area contributed by atoms with Crippen LogP contribution in [0.25, 0.3) is 0 Å². The SMILES string of the molecule is CC[C@H]1OC(=O)[C@H](C)C[C@H](C)[C@@H](O[C@@H]2O[C@H](C)C[C@H](N(C)C)[C@H]2O)[C@](C)(O)CCCN(CCCCCC[PH](C2CCCCC2)(C2CCCCC2)C2CCCCC2)[C@H](C)[C@@H](O)[C@]1(C)O. The number of cyclic esters (lactones) is 1. The molecule has 0 aromatic carbocycles. The number of hydrogen-bond acceptors (Lipinski definition) is 10. The monoisotopic (exact) mass is 911 g/mol. The molecular weight excluding hydrogens is 812 g/mol. The Morgan fingerprint density at radius 2 is 1.32 bits per heavy atom. The van der Waals surface area contributed by atoms with Gasteiger partial charge in [0.2, 0.25) is 0 Å². The van der Waals surface area contributed by atoms with Crippen molar-refractivity contribution >= 4 is 13.2 Å². The number of esters is 1. The molecule has 0 aromatic rings. The van der Waals surface area contributed by atoms with Crippen molar-refractivity contribution in [1.82, 2.24) is 9.80 Å². The van der Waals surface area contributed by atoms with Crippen LogP contribution < -0.4 is 0 Å². The van der Waals surface area contributed by atoms with Crippen molar-refractivity contribution in [2.75, 3.05) is 33.3 Å². The average Bonchev–Trinajstić information content (AvgIpc) is 3.27. The predicted octanol–water partition coefficient (Wildman–Crippen LogP) is 9.44. The molecule has 5 fully saturated rings. The zero-order chi connectivity index (χ0) is 46.0. The number of rotatable bonds is 14. The summed E-state index contributed by atoms with van der Waals surface area (Å²) in [7, 11) is 2.39. The number of hydrogen-bond donors (Lipinski definition) is 4. The van der Waals surface area contributed by atoms with Crippen molar-refractivity contribution in [3.63, 3.8) is 0 Å². The van der Waals surface area contributed by atoms with E-state index < -0.39 is 67.1 Å². The van der Waals surface area contributed by atoms with Crippen LogP contribution >= 0.6 is 7.26 Å². The molecule has 3 aliphatic carbocycles. The van der Waals surface area contributed by atoms with Gasteiger partial charge in [-0.05, 0) is 39.8 Å². The third kappa shape index (κ3) is 13.6. The third-order valence-corrected chi connectivity index (χ3v) is 25.3. The second kappa shape index (κ2) is 24.7. The molecule has 11 heteroatoms. The molecule has 0 radical (unpaired) electrons. The molecule has 2 heterocycles. The molecule has 0 spiro atoms. The molecule has 10 nitrogen and oxygen atoms in total. The summed E-state index contributed by atoms with van der Waals surface area (Å²) in [5.41, 5.74) is 0.171. The Bertz CT molecular complexity index is 1290. The van der Waals surface area contributed by atoms with E-state index in [0.717, 1.165) is 36.4 Å². The first-order chi connectivity index (χ1) is 29.9. The maximum absolute atomic E-state index is 13.7. The van der Waals surface area contributed by atoms with Gasteiger partial charge in [0.1, 0.15) is 6.10 Å². The fourth-order valence-electron chi connectivity index (χ4n) is 14.2. The number of carbonyl (C=O) groups excluding carboxylic acids is 1. The fourth-order valence-corrected chi connectivity index (χ4v) is 22.7. The summed E-state index contributed by atoms with van der Waals surface area (Å²) in [6.45, 7) is 14.5. The summed E-state index contributed by atoms with van der Waals surface area (Å²) >= 11 is 0. The molecule has 2 saturated heterocycles. The fraction of sp³-hybridized carbons (Fsp3) is 0.981. The summed E-state index contributed by atoms with van der Waals surface area (Å²) in [5.74, 6) is -1.30. The number of ether oxygens (including phenoxy) is 3. The van der Waals surface area contributed by atoms with Crippen LogP contribution in [-0.2, 0) is 19.0 Å². The Labute approximate surface area is 386 Å². The van der Waals surface area contributed by atoms with Gasteiger partial charge in [0, 0.05) is 6.04 Å². The van der Waals surface area contributed by atoms with E-state index in [9.17, 15) is 25.2 Å². The number of nitrogens with zero attached hydrogens (tertiary/aromatic N) is 2. The predicted molar refractivity (Wildman–Crippen MR) is 260 cm³/mol. The summed E-state index contributed by atoms with van der Waals surface area (Å²) in [6, 6.07) is -0.573. The number of aliphatic hydroxyl groups excluding tert-OH is 2. The van der Waals surface area contributed by atoms with E-state index in [1.165, 1.54) is 109 Å². The van der Waals surface area contributed by atoms with Crippen molar-refractivity contribution in [3.05, 3.63) is 0 Å². The molecule has 12 atom stereocenters. The third-order valence-electron chi connectivity index (χ3n) is 17.8. The Kier molecular flexibility index (Phi) is 21.0. The molecule has 0 bridgehead atoms. The van der Waals surface area contributed by atoms with Crippen LogP contribution in [0.15, 0.2) is 0 Å². The molecule has 0 amide bonds. The van der Waals surface area contributed by atoms with Gasteiger partial charge in [-0.3, -0.25) is 4.79 Å². The Hall–Kier alpha value is -0.420. The van der Waals surface area contributed by atoms with Crippen LogP contribution in [0, 0.1) is 11.8 Å². The van der Waals surface area contributed by atoms with Crippen molar-refractivity contribution in [2.45, 2.75) is 280 Å². The van der Waals surface area contributed by atoms with Gasteiger partial charge in [0.05, 0.1) is 12.0 Å². The molecule has 3 saturated carbocycles. The van der Waals surface area contributed by atoms with Crippen molar-refractivity contribution in [1.29, 1.82) is 0 Å². The number of likely N-dealkylation sites (N-methyl/N-ethyl adjacent to an activating group) is 1. The molecule has 5 rings (SSSR count). The first kappa shape index (κ1) is 53.5. The summed E-state index contributed by atoms with van der Waals surface area (Å²) < 4.78 is 19.0. The van der Waals surface area contributed by atoms with Gasteiger partial charge in [-0.15, -0.1) is 0 Å². The second-order valence-corrected chi connectivity index (χ2v) is 27.9. The quantitative estimate of drug-likeness (QED) is 0.0760. The van der Waals surface area contributed by atoms with Crippen molar-refractivity contribution in [3.8, 4) is 0 Å². The van der Waals surface area contributed by atoms with E-state index in [-0.39, 0.29) is 18.1 Å². The van der Waals surface area contributed by atoms with Gasteiger partial charge in [0.15, 0.2) is 6.29 Å². The van der Waals surface area contributed by atoms with Crippen molar-refractivity contribution < 1.29 is 39.4 Å². The van der Waals surface area contributed by atoms with E-state index in [2.05, 4.69) is 4.90 Å². The van der Waals surface area contributed by atoms with E-state index in [4.69, 9.17) is 14.2 Å². The number of carbonyl (C=O) groups is 1. The topological polar surface area (TPSA) is 132 Å². The summed E-state index contributed by atoms with van der Waals surface area (Å²) in [5, 5.41) is 47.8. The van der Waals surface area contributed by atoms with E-state index in [1.54, 1.807) is 13.1 Å².